The van der Waals surface area contributed by atoms with Crippen molar-refractivity contribution in [1.82, 2.24) is 4.31 Å². The van der Waals surface area contributed by atoms with Crippen molar-refractivity contribution in [2.24, 2.45) is 11.7 Å². The van der Waals surface area contributed by atoms with Crippen LogP contribution in [0.4, 0.5) is 0 Å². The molecule has 2 aliphatic rings. The van der Waals surface area contributed by atoms with E-state index < -0.39 is 10.0 Å². The third kappa shape index (κ3) is 2.47. The van der Waals surface area contributed by atoms with Crippen molar-refractivity contribution in [2.75, 3.05) is 6.54 Å². The van der Waals surface area contributed by atoms with Crippen LogP contribution in [0.15, 0.2) is 15.7 Å². The molecule has 0 radical (unpaired) electrons. The number of hydrogen-bond acceptors (Lipinski definition) is 4. The minimum absolute atomic E-state index is 0.249. The molecular weight excluding hydrogens is 268 g/mol. The zero-order valence-electron chi connectivity index (χ0n) is 10.2. The van der Waals surface area contributed by atoms with Crippen molar-refractivity contribution < 1.29 is 8.42 Å². The van der Waals surface area contributed by atoms with E-state index in [-0.39, 0.29) is 6.04 Å². The van der Waals surface area contributed by atoms with E-state index in [2.05, 4.69) is 0 Å². The van der Waals surface area contributed by atoms with Crippen LogP contribution in [-0.2, 0) is 16.6 Å². The Hall–Kier alpha value is -0.430. The summed E-state index contributed by atoms with van der Waals surface area (Å²) in [6.45, 7) is 1.11. The molecule has 0 aliphatic heterocycles. The molecule has 1 heterocycles. The van der Waals surface area contributed by atoms with Crippen LogP contribution in [-0.4, -0.2) is 25.3 Å². The van der Waals surface area contributed by atoms with E-state index in [4.69, 9.17) is 5.73 Å². The van der Waals surface area contributed by atoms with Gasteiger partial charge in [-0.25, -0.2) is 8.42 Å². The van der Waals surface area contributed by atoms with E-state index in [1.807, 2.05) is 5.38 Å². The summed E-state index contributed by atoms with van der Waals surface area (Å²) >= 11 is 1.29. The summed E-state index contributed by atoms with van der Waals surface area (Å²) in [5.41, 5.74) is 6.45. The summed E-state index contributed by atoms with van der Waals surface area (Å²) in [7, 11) is -3.29. The Morgan fingerprint density at radius 3 is 2.56 bits per heavy atom. The fraction of sp³-hybridized carbons (Fsp3) is 0.667. The summed E-state index contributed by atoms with van der Waals surface area (Å²) in [5.74, 6) is 0.592. The van der Waals surface area contributed by atoms with Gasteiger partial charge < -0.3 is 5.73 Å². The SMILES string of the molecule is NCc1csc(S(=O)(=O)N(CC2CC2)C2CC2)c1. The quantitative estimate of drug-likeness (QED) is 0.867. The number of hydrogen-bond donors (Lipinski definition) is 1. The van der Waals surface area contributed by atoms with Gasteiger partial charge in [0.15, 0.2) is 0 Å². The third-order valence-corrected chi connectivity index (χ3v) is 6.90. The van der Waals surface area contributed by atoms with Crippen LogP contribution >= 0.6 is 11.3 Å². The lowest BCUT2D eigenvalue weighted by Gasteiger charge is -2.20. The highest BCUT2D eigenvalue weighted by molar-refractivity contribution is 7.91. The van der Waals surface area contributed by atoms with E-state index in [1.165, 1.54) is 24.2 Å². The summed E-state index contributed by atoms with van der Waals surface area (Å²) in [5, 5.41) is 1.84. The molecule has 2 aliphatic carbocycles. The summed E-state index contributed by atoms with van der Waals surface area (Å²) in [6, 6.07) is 1.97. The number of nitrogens with zero attached hydrogens (tertiary/aromatic N) is 1. The normalized spacial score (nSPS) is 20.6. The van der Waals surface area contributed by atoms with E-state index in [0.717, 1.165) is 18.4 Å². The van der Waals surface area contributed by atoms with Crippen LogP contribution in [0.25, 0.3) is 0 Å². The van der Waals surface area contributed by atoms with E-state index in [0.29, 0.717) is 23.2 Å². The molecule has 0 saturated heterocycles. The van der Waals surface area contributed by atoms with Gasteiger partial charge in [0, 0.05) is 19.1 Å². The van der Waals surface area contributed by atoms with Gasteiger partial charge in [-0.15, -0.1) is 11.3 Å². The molecular formula is C12H18N2O2S2. The van der Waals surface area contributed by atoms with Crippen LogP contribution in [0.3, 0.4) is 0 Å². The molecule has 2 saturated carbocycles. The largest absolute Gasteiger partial charge is 0.326 e. The van der Waals surface area contributed by atoms with Crippen molar-refractivity contribution in [2.45, 2.75) is 42.5 Å². The van der Waals surface area contributed by atoms with Crippen molar-refractivity contribution >= 4 is 21.4 Å². The molecule has 2 fully saturated rings. The van der Waals surface area contributed by atoms with E-state index in [9.17, 15) is 8.42 Å². The molecule has 0 spiro atoms. The fourth-order valence-electron chi connectivity index (χ4n) is 2.07. The van der Waals surface area contributed by atoms with Crippen LogP contribution in [0.2, 0.25) is 0 Å². The highest BCUT2D eigenvalue weighted by Gasteiger charge is 2.41. The monoisotopic (exact) mass is 286 g/mol. The van der Waals surface area contributed by atoms with E-state index in [1.54, 1.807) is 10.4 Å². The Kier molecular flexibility index (Phi) is 3.21. The maximum atomic E-state index is 12.6. The second-order valence-electron chi connectivity index (χ2n) is 5.23. The highest BCUT2D eigenvalue weighted by Crippen LogP contribution is 2.38. The standard InChI is InChI=1S/C12H18N2O2S2/c13-6-10-5-12(17-8-10)18(15,16)14(11-3-4-11)7-9-1-2-9/h5,8-9,11H,1-4,6-7,13H2. The lowest BCUT2D eigenvalue weighted by Crippen LogP contribution is -2.34. The van der Waals surface area contributed by atoms with Crippen molar-refractivity contribution in [3.8, 4) is 0 Å². The summed E-state index contributed by atoms with van der Waals surface area (Å²) < 4.78 is 27.4. The van der Waals surface area contributed by atoms with Gasteiger partial charge in [-0.2, -0.15) is 4.31 Å². The van der Waals surface area contributed by atoms with E-state index >= 15 is 0 Å². The van der Waals surface area contributed by atoms with Gasteiger partial charge in [-0.1, -0.05) is 0 Å². The number of sulfonamides is 1. The number of thiophene rings is 1. The van der Waals surface area contributed by atoms with Gasteiger partial charge in [-0.05, 0) is 48.6 Å². The molecule has 0 aromatic carbocycles. The molecule has 100 valence electrons. The molecule has 0 amide bonds. The average molecular weight is 286 g/mol. The molecule has 6 heteroatoms. The molecule has 2 N–H and O–H groups in total. The first-order valence-electron chi connectivity index (χ1n) is 6.40. The Labute approximate surface area is 112 Å². The first-order chi connectivity index (χ1) is 8.61. The summed E-state index contributed by atoms with van der Waals surface area (Å²) in [4.78, 5) is 0. The summed E-state index contributed by atoms with van der Waals surface area (Å²) in [6.07, 6.45) is 4.39. The van der Waals surface area contributed by atoms with Crippen molar-refractivity contribution in [3.63, 3.8) is 0 Å². The van der Waals surface area contributed by atoms with Gasteiger partial charge in [0.2, 0.25) is 0 Å². The third-order valence-electron chi connectivity index (χ3n) is 3.52. The predicted octanol–water partition coefficient (Wildman–Crippen LogP) is 1.77. The van der Waals surface area contributed by atoms with Crippen LogP contribution in [0, 0.1) is 5.92 Å². The van der Waals surface area contributed by atoms with Crippen LogP contribution < -0.4 is 5.73 Å². The zero-order valence-corrected chi connectivity index (χ0v) is 11.8. The topological polar surface area (TPSA) is 63.4 Å². The van der Waals surface area contributed by atoms with Gasteiger partial charge >= 0.3 is 0 Å². The molecule has 0 bridgehead atoms. The average Bonchev–Trinajstić information content (AvgIpc) is 3.24. The molecule has 18 heavy (non-hydrogen) atoms. The van der Waals surface area contributed by atoms with Gasteiger partial charge in [0.25, 0.3) is 10.0 Å². The number of rotatable bonds is 6. The Morgan fingerprint density at radius 1 is 1.33 bits per heavy atom. The van der Waals surface area contributed by atoms with Gasteiger partial charge in [-0.3, -0.25) is 0 Å². The fourth-order valence-corrected chi connectivity index (χ4v) is 5.18. The highest BCUT2D eigenvalue weighted by atomic mass is 32.2. The zero-order chi connectivity index (χ0) is 12.8. The maximum absolute atomic E-state index is 12.6. The first-order valence-corrected chi connectivity index (χ1v) is 8.72. The predicted molar refractivity (Wildman–Crippen MR) is 71.8 cm³/mol. The molecule has 0 unspecified atom stereocenters. The Bertz CT molecular complexity index is 530. The van der Waals surface area contributed by atoms with Crippen LogP contribution in [0.1, 0.15) is 31.2 Å². The number of nitrogens with two attached hydrogens (primary N) is 1. The maximum Gasteiger partial charge on any atom is 0.252 e. The molecule has 1 aromatic heterocycles. The smallest absolute Gasteiger partial charge is 0.252 e. The van der Waals surface area contributed by atoms with Gasteiger partial charge in [0.1, 0.15) is 4.21 Å². The lowest BCUT2D eigenvalue weighted by atomic mass is 10.4. The second kappa shape index (κ2) is 4.59. The Morgan fingerprint density at radius 2 is 2.06 bits per heavy atom. The van der Waals surface area contributed by atoms with Gasteiger partial charge in [0.05, 0.1) is 0 Å². The lowest BCUT2D eigenvalue weighted by molar-refractivity contribution is 0.390. The molecule has 4 nitrogen and oxygen atoms in total. The molecule has 1 aromatic rings. The minimum Gasteiger partial charge on any atom is -0.326 e. The second-order valence-corrected chi connectivity index (χ2v) is 8.26. The molecule has 3 rings (SSSR count). The molecule has 0 atom stereocenters. The van der Waals surface area contributed by atoms with Crippen molar-refractivity contribution in [3.05, 3.63) is 17.0 Å². The first kappa shape index (κ1) is 12.6. The van der Waals surface area contributed by atoms with Crippen LogP contribution in [0.5, 0.6) is 0 Å². The minimum atomic E-state index is -3.29. The van der Waals surface area contributed by atoms with Crippen molar-refractivity contribution in [1.29, 1.82) is 0 Å². The Balaban J connectivity index is 1.85.